The highest BCUT2D eigenvalue weighted by Crippen LogP contribution is 2.22. The van der Waals surface area contributed by atoms with E-state index in [2.05, 4.69) is 15.2 Å². The number of carbonyl (C=O) groups excluding carboxylic acids is 2. The number of hydrogen-bond acceptors (Lipinski definition) is 5. The number of carbonyl (C=O) groups is 2. The Balaban J connectivity index is 1.14. The Kier molecular flexibility index (Phi) is 6.42. The molecule has 0 radical (unpaired) electrons. The zero-order valence-corrected chi connectivity index (χ0v) is 20.3. The molecule has 3 aromatic rings. The summed E-state index contributed by atoms with van der Waals surface area (Å²) in [7, 11) is 3.43. The minimum atomic E-state index is -0.185. The van der Waals surface area contributed by atoms with Crippen LogP contribution in [-0.4, -0.2) is 68.0 Å². The molecule has 1 atom stereocenters. The van der Waals surface area contributed by atoms with Gasteiger partial charge in [-0.15, -0.1) is 0 Å². The molecule has 184 valence electrons. The van der Waals surface area contributed by atoms with Crippen LogP contribution in [0.15, 0.2) is 47.4 Å². The molecule has 4 heterocycles. The molecule has 2 aliphatic heterocycles. The molecule has 1 aromatic carbocycles. The van der Waals surface area contributed by atoms with Crippen LogP contribution < -0.4 is 11.0 Å². The molecular formula is C26H32N6O3. The Morgan fingerprint density at radius 1 is 1.00 bits per heavy atom. The van der Waals surface area contributed by atoms with E-state index in [1.165, 1.54) is 0 Å². The molecule has 0 bridgehead atoms. The van der Waals surface area contributed by atoms with E-state index < -0.39 is 0 Å². The van der Waals surface area contributed by atoms with E-state index in [1.807, 2.05) is 30.5 Å². The molecular weight excluding hydrogens is 444 g/mol. The molecule has 2 saturated heterocycles. The number of aromatic nitrogens is 3. The van der Waals surface area contributed by atoms with E-state index in [4.69, 9.17) is 0 Å². The Morgan fingerprint density at radius 3 is 2.51 bits per heavy atom. The van der Waals surface area contributed by atoms with Gasteiger partial charge in [0.25, 0.3) is 5.91 Å². The molecule has 9 heteroatoms. The summed E-state index contributed by atoms with van der Waals surface area (Å²) in [6.45, 7) is 3.69. The molecule has 1 unspecified atom stereocenters. The average molecular weight is 477 g/mol. The van der Waals surface area contributed by atoms with Crippen LogP contribution in [-0.2, 0) is 25.4 Å². The summed E-state index contributed by atoms with van der Waals surface area (Å²) >= 11 is 0. The minimum Gasteiger partial charge on any atom is -0.353 e. The maximum Gasteiger partial charge on any atom is 0.328 e. The second-order valence-corrected chi connectivity index (χ2v) is 9.72. The van der Waals surface area contributed by atoms with Crippen molar-refractivity contribution in [2.75, 3.05) is 26.2 Å². The lowest BCUT2D eigenvalue weighted by Crippen LogP contribution is -2.46. The summed E-state index contributed by atoms with van der Waals surface area (Å²) < 4.78 is 3.12. The van der Waals surface area contributed by atoms with E-state index in [-0.39, 0.29) is 29.5 Å². The third-order valence-electron chi connectivity index (χ3n) is 7.41. The van der Waals surface area contributed by atoms with Crippen molar-refractivity contribution in [3.05, 3.63) is 64.3 Å². The topological polar surface area (TPSA) is 92.5 Å². The highest BCUT2D eigenvalue weighted by Gasteiger charge is 2.33. The van der Waals surface area contributed by atoms with Gasteiger partial charge in [0.15, 0.2) is 0 Å². The first-order valence-corrected chi connectivity index (χ1v) is 12.3. The van der Waals surface area contributed by atoms with E-state index in [1.54, 1.807) is 40.3 Å². The highest BCUT2D eigenvalue weighted by atomic mass is 16.2. The lowest BCUT2D eigenvalue weighted by molar-refractivity contribution is -0.125. The van der Waals surface area contributed by atoms with Crippen molar-refractivity contribution in [2.45, 2.75) is 31.8 Å². The first-order chi connectivity index (χ1) is 16.9. The van der Waals surface area contributed by atoms with Crippen LogP contribution in [0, 0.1) is 5.92 Å². The van der Waals surface area contributed by atoms with Crippen molar-refractivity contribution >= 4 is 22.8 Å². The van der Waals surface area contributed by atoms with Gasteiger partial charge < -0.3 is 10.2 Å². The standard InChI is InChI=1S/C26H32N6O3/c1-29-22-7-6-18(15-23(22)30(2)26(29)35)25(34)32-14-8-19(16-32)24(33)28-20-9-12-31(13-10-20)17-21-5-3-4-11-27-21/h3-7,11,15,19-20H,8-10,12-14,16-17H2,1-2H3,(H,28,33). The van der Waals surface area contributed by atoms with Crippen molar-refractivity contribution in [1.29, 1.82) is 0 Å². The number of hydrogen-bond donors (Lipinski definition) is 1. The quantitative estimate of drug-likeness (QED) is 0.603. The highest BCUT2D eigenvalue weighted by molar-refractivity contribution is 5.98. The molecule has 2 amide bonds. The molecule has 2 aliphatic rings. The number of aryl methyl sites for hydroxylation is 2. The van der Waals surface area contributed by atoms with Crippen LogP contribution in [0.2, 0.25) is 0 Å². The van der Waals surface area contributed by atoms with Crippen LogP contribution in [0.4, 0.5) is 0 Å². The van der Waals surface area contributed by atoms with E-state index in [9.17, 15) is 14.4 Å². The molecule has 5 rings (SSSR count). The van der Waals surface area contributed by atoms with Gasteiger partial charge in [0.05, 0.1) is 22.6 Å². The molecule has 0 saturated carbocycles. The van der Waals surface area contributed by atoms with Gasteiger partial charge in [-0.3, -0.25) is 28.6 Å². The van der Waals surface area contributed by atoms with Gasteiger partial charge in [-0.2, -0.15) is 0 Å². The number of piperidine rings is 1. The summed E-state index contributed by atoms with van der Waals surface area (Å²) in [5.41, 5.74) is 3.01. The predicted octanol–water partition coefficient (Wildman–Crippen LogP) is 1.51. The zero-order valence-electron chi connectivity index (χ0n) is 20.3. The smallest absolute Gasteiger partial charge is 0.328 e. The number of fused-ring (bicyclic) bond motifs is 1. The molecule has 9 nitrogen and oxygen atoms in total. The van der Waals surface area contributed by atoms with Crippen molar-refractivity contribution in [1.82, 2.24) is 29.2 Å². The normalized spacial score (nSPS) is 19.4. The van der Waals surface area contributed by atoms with Gasteiger partial charge in [0.2, 0.25) is 5.91 Å². The van der Waals surface area contributed by atoms with Crippen LogP contribution in [0.1, 0.15) is 35.3 Å². The fraction of sp³-hybridized carbons (Fsp3) is 0.462. The first-order valence-electron chi connectivity index (χ1n) is 12.3. The largest absolute Gasteiger partial charge is 0.353 e. The van der Waals surface area contributed by atoms with Gasteiger partial charge in [-0.1, -0.05) is 6.07 Å². The van der Waals surface area contributed by atoms with E-state index in [0.29, 0.717) is 25.1 Å². The van der Waals surface area contributed by atoms with Gasteiger partial charge in [0.1, 0.15) is 0 Å². The summed E-state index contributed by atoms with van der Waals surface area (Å²) in [4.78, 5) is 46.8. The zero-order chi connectivity index (χ0) is 24.5. The average Bonchev–Trinajstić information content (AvgIpc) is 3.46. The molecule has 2 aromatic heterocycles. The monoisotopic (exact) mass is 476 g/mol. The van der Waals surface area contributed by atoms with Crippen LogP contribution in [0.5, 0.6) is 0 Å². The van der Waals surface area contributed by atoms with Crippen LogP contribution in [0.3, 0.4) is 0 Å². The van der Waals surface area contributed by atoms with E-state index >= 15 is 0 Å². The van der Waals surface area contributed by atoms with Crippen molar-refractivity contribution in [3.8, 4) is 0 Å². The molecule has 1 N–H and O–H groups in total. The lowest BCUT2D eigenvalue weighted by atomic mass is 10.0. The number of amides is 2. The summed E-state index contributed by atoms with van der Waals surface area (Å²) in [6, 6.07) is 11.5. The van der Waals surface area contributed by atoms with Crippen molar-refractivity contribution in [3.63, 3.8) is 0 Å². The summed E-state index contributed by atoms with van der Waals surface area (Å²) in [6.07, 6.45) is 4.33. The number of pyridine rings is 1. The van der Waals surface area contributed by atoms with Crippen LogP contribution >= 0.6 is 0 Å². The number of likely N-dealkylation sites (tertiary alicyclic amines) is 2. The number of nitrogens with zero attached hydrogens (tertiary/aromatic N) is 5. The number of imidazole rings is 1. The minimum absolute atomic E-state index is 0.0457. The Hall–Kier alpha value is -3.46. The molecule has 35 heavy (non-hydrogen) atoms. The number of nitrogens with one attached hydrogen (secondary N) is 1. The SMILES string of the molecule is Cn1c(=O)n(C)c2cc(C(=O)N3CCC(C(=O)NC4CCN(Cc5ccccn5)CC4)C3)ccc21. The first kappa shape index (κ1) is 23.3. The Bertz CT molecular complexity index is 1290. The molecule has 0 aliphatic carbocycles. The lowest BCUT2D eigenvalue weighted by Gasteiger charge is -2.32. The van der Waals surface area contributed by atoms with Crippen molar-refractivity contribution < 1.29 is 9.59 Å². The van der Waals surface area contributed by atoms with Gasteiger partial charge in [-0.25, -0.2) is 4.79 Å². The number of rotatable bonds is 5. The maximum absolute atomic E-state index is 13.1. The second-order valence-electron chi connectivity index (χ2n) is 9.72. The fourth-order valence-electron chi connectivity index (χ4n) is 5.26. The van der Waals surface area contributed by atoms with Gasteiger partial charge >= 0.3 is 5.69 Å². The fourth-order valence-corrected chi connectivity index (χ4v) is 5.26. The number of benzene rings is 1. The molecule has 0 spiro atoms. The van der Waals surface area contributed by atoms with E-state index in [0.717, 1.165) is 49.2 Å². The third-order valence-corrected chi connectivity index (χ3v) is 7.41. The van der Waals surface area contributed by atoms with Gasteiger partial charge in [0, 0.05) is 64.6 Å². The maximum atomic E-state index is 13.1. The van der Waals surface area contributed by atoms with Crippen LogP contribution in [0.25, 0.3) is 11.0 Å². The predicted molar refractivity (Wildman–Crippen MR) is 133 cm³/mol. The van der Waals surface area contributed by atoms with Crippen molar-refractivity contribution in [2.24, 2.45) is 20.0 Å². The summed E-state index contributed by atoms with van der Waals surface area (Å²) in [5, 5.41) is 3.23. The Labute approximate surface area is 204 Å². The van der Waals surface area contributed by atoms with Gasteiger partial charge in [-0.05, 0) is 49.6 Å². The summed E-state index contributed by atoms with van der Waals surface area (Å²) in [5.74, 6) is -0.235. The Morgan fingerprint density at radius 2 is 1.77 bits per heavy atom. The third kappa shape index (κ3) is 4.73. The molecule has 2 fully saturated rings. The second kappa shape index (κ2) is 9.65.